The van der Waals surface area contributed by atoms with Crippen molar-refractivity contribution in [1.82, 2.24) is 4.90 Å². The van der Waals surface area contributed by atoms with Gasteiger partial charge in [0.1, 0.15) is 11.6 Å². The van der Waals surface area contributed by atoms with Crippen molar-refractivity contribution in [1.29, 1.82) is 0 Å². The summed E-state index contributed by atoms with van der Waals surface area (Å²) in [5.41, 5.74) is 4.50. The topological polar surface area (TPSA) is 29.5 Å². The van der Waals surface area contributed by atoms with E-state index in [1.54, 1.807) is 19.1 Å². The lowest BCUT2D eigenvalue weighted by Crippen LogP contribution is -2.27. The van der Waals surface area contributed by atoms with Gasteiger partial charge < -0.3 is 9.64 Å². The summed E-state index contributed by atoms with van der Waals surface area (Å²) in [5, 5.41) is 0. The van der Waals surface area contributed by atoms with Crippen LogP contribution in [0.5, 0.6) is 5.75 Å². The summed E-state index contributed by atoms with van der Waals surface area (Å²) >= 11 is 5.55. The van der Waals surface area contributed by atoms with Gasteiger partial charge in [-0.25, -0.2) is 0 Å². The molecule has 0 aromatic heterocycles. The fraction of sp³-hybridized carbons (Fsp3) is 0.500. The first kappa shape index (κ1) is 14.8. The Kier molecular flexibility index (Phi) is 5.03. The average Bonchev–Trinajstić information content (AvgIpc) is 2.35. The molecule has 1 amide bonds. The minimum Gasteiger partial charge on any atom is -0.496 e. The van der Waals surface area contributed by atoms with Gasteiger partial charge in [-0.05, 0) is 43.0 Å². The maximum absolute atomic E-state index is 11.5. The van der Waals surface area contributed by atoms with E-state index in [2.05, 4.69) is 6.07 Å². The number of carbonyl (C=O) groups is 1. The number of benzene rings is 1. The summed E-state index contributed by atoms with van der Waals surface area (Å²) in [7, 11) is 3.44. The highest BCUT2D eigenvalue weighted by atomic mass is 35.5. The molecule has 1 rings (SSSR count). The molecule has 0 saturated carbocycles. The molecule has 0 heterocycles. The highest BCUT2D eigenvalue weighted by molar-refractivity contribution is 6.27. The predicted octanol–water partition coefficient (Wildman–Crippen LogP) is 2.82. The number of methoxy groups -OCH3 is 1. The van der Waals surface area contributed by atoms with Crippen molar-refractivity contribution in [2.45, 2.75) is 27.3 Å². The molecule has 1 aromatic carbocycles. The van der Waals surface area contributed by atoms with E-state index in [4.69, 9.17) is 16.3 Å². The SMILES string of the molecule is COc1c(C)cc(CN(C)C(=O)CCl)c(C)c1C. The van der Waals surface area contributed by atoms with E-state index in [1.807, 2.05) is 20.8 Å². The molecule has 100 valence electrons. The third kappa shape index (κ3) is 2.96. The van der Waals surface area contributed by atoms with Crippen LogP contribution < -0.4 is 4.74 Å². The van der Waals surface area contributed by atoms with Crippen LogP contribution in [0.4, 0.5) is 0 Å². The molecular formula is C14H20ClNO2. The standard InChI is InChI=1S/C14H20ClNO2/c1-9-6-12(8-16(4)13(17)7-15)10(2)11(3)14(9)18-5/h6H,7-8H2,1-5H3. The van der Waals surface area contributed by atoms with E-state index >= 15 is 0 Å². The Morgan fingerprint density at radius 1 is 1.33 bits per heavy atom. The third-order valence-electron chi connectivity index (χ3n) is 3.29. The second kappa shape index (κ2) is 6.10. The highest BCUT2D eigenvalue weighted by Gasteiger charge is 2.14. The minimum atomic E-state index is -0.0674. The van der Waals surface area contributed by atoms with Crippen LogP contribution in [0.25, 0.3) is 0 Å². The largest absolute Gasteiger partial charge is 0.496 e. The van der Waals surface area contributed by atoms with Crippen LogP contribution >= 0.6 is 11.6 Å². The van der Waals surface area contributed by atoms with Crippen molar-refractivity contribution in [2.24, 2.45) is 0 Å². The molecule has 18 heavy (non-hydrogen) atoms. The number of amides is 1. The zero-order valence-electron chi connectivity index (χ0n) is 11.6. The normalized spacial score (nSPS) is 10.3. The Labute approximate surface area is 114 Å². The fourth-order valence-electron chi connectivity index (χ4n) is 2.07. The van der Waals surface area contributed by atoms with Crippen LogP contribution in [-0.4, -0.2) is 30.8 Å². The first-order chi connectivity index (χ1) is 8.42. The monoisotopic (exact) mass is 269 g/mol. The van der Waals surface area contributed by atoms with Crippen LogP contribution in [0, 0.1) is 20.8 Å². The number of halogens is 1. The number of carbonyl (C=O) groups excluding carboxylic acids is 1. The first-order valence-corrected chi connectivity index (χ1v) is 6.39. The van der Waals surface area contributed by atoms with Crippen molar-refractivity contribution in [3.05, 3.63) is 28.3 Å². The first-order valence-electron chi connectivity index (χ1n) is 5.86. The van der Waals surface area contributed by atoms with Crippen molar-refractivity contribution in [2.75, 3.05) is 20.0 Å². The molecule has 0 aliphatic carbocycles. The van der Waals surface area contributed by atoms with Crippen LogP contribution in [-0.2, 0) is 11.3 Å². The predicted molar refractivity (Wildman–Crippen MR) is 74.4 cm³/mol. The smallest absolute Gasteiger partial charge is 0.237 e. The fourth-order valence-corrected chi connectivity index (χ4v) is 2.27. The summed E-state index contributed by atoms with van der Waals surface area (Å²) < 4.78 is 5.38. The molecule has 0 bridgehead atoms. The van der Waals surface area contributed by atoms with Gasteiger partial charge in [-0.1, -0.05) is 6.07 Å². The van der Waals surface area contributed by atoms with Gasteiger partial charge >= 0.3 is 0 Å². The Hall–Kier alpha value is -1.22. The number of rotatable bonds is 4. The molecule has 4 heteroatoms. The Balaban J connectivity index is 3.08. The average molecular weight is 270 g/mol. The Morgan fingerprint density at radius 2 is 1.94 bits per heavy atom. The molecule has 3 nitrogen and oxygen atoms in total. The molecule has 0 radical (unpaired) electrons. The molecule has 0 fully saturated rings. The van der Waals surface area contributed by atoms with E-state index < -0.39 is 0 Å². The summed E-state index contributed by atoms with van der Waals surface area (Å²) in [6.45, 7) is 6.67. The van der Waals surface area contributed by atoms with Crippen molar-refractivity contribution in [3.8, 4) is 5.75 Å². The van der Waals surface area contributed by atoms with Gasteiger partial charge in [0.2, 0.25) is 5.91 Å². The lowest BCUT2D eigenvalue weighted by atomic mass is 9.98. The van der Waals surface area contributed by atoms with Crippen molar-refractivity contribution in [3.63, 3.8) is 0 Å². The lowest BCUT2D eigenvalue weighted by Gasteiger charge is -2.20. The van der Waals surface area contributed by atoms with Crippen LogP contribution in [0.2, 0.25) is 0 Å². The quantitative estimate of drug-likeness (QED) is 0.787. The van der Waals surface area contributed by atoms with E-state index in [0.717, 1.165) is 28.0 Å². The molecule has 0 aliphatic heterocycles. The van der Waals surface area contributed by atoms with Gasteiger partial charge in [0.15, 0.2) is 0 Å². The van der Waals surface area contributed by atoms with E-state index in [-0.39, 0.29) is 11.8 Å². The molecule has 0 N–H and O–H groups in total. The molecule has 0 atom stereocenters. The zero-order chi connectivity index (χ0) is 13.9. The number of aryl methyl sites for hydroxylation is 1. The van der Waals surface area contributed by atoms with Crippen molar-refractivity contribution >= 4 is 17.5 Å². The summed E-state index contributed by atoms with van der Waals surface area (Å²) in [4.78, 5) is 13.1. The number of alkyl halides is 1. The van der Waals surface area contributed by atoms with Crippen molar-refractivity contribution < 1.29 is 9.53 Å². The second-order valence-electron chi connectivity index (χ2n) is 4.52. The van der Waals surface area contributed by atoms with Crippen LogP contribution in [0.15, 0.2) is 6.07 Å². The zero-order valence-corrected chi connectivity index (χ0v) is 12.4. The third-order valence-corrected chi connectivity index (χ3v) is 3.51. The molecule has 0 aliphatic rings. The Morgan fingerprint density at radius 3 is 2.44 bits per heavy atom. The molecular weight excluding hydrogens is 250 g/mol. The molecule has 0 saturated heterocycles. The van der Waals surface area contributed by atoms with Crippen LogP contribution in [0.1, 0.15) is 22.3 Å². The number of ether oxygens (including phenoxy) is 1. The molecule has 0 spiro atoms. The van der Waals surface area contributed by atoms with Gasteiger partial charge in [0.25, 0.3) is 0 Å². The van der Waals surface area contributed by atoms with Gasteiger partial charge in [-0.2, -0.15) is 0 Å². The molecule has 1 aromatic rings. The van der Waals surface area contributed by atoms with E-state index in [0.29, 0.717) is 6.54 Å². The van der Waals surface area contributed by atoms with Crippen LogP contribution in [0.3, 0.4) is 0 Å². The van der Waals surface area contributed by atoms with Gasteiger partial charge in [0, 0.05) is 13.6 Å². The summed E-state index contributed by atoms with van der Waals surface area (Å²) in [6, 6.07) is 2.07. The minimum absolute atomic E-state index is 0.0175. The summed E-state index contributed by atoms with van der Waals surface area (Å²) in [6.07, 6.45) is 0. The number of hydrogen-bond donors (Lipinski definition) is 0. The maximum atomic E-state index is 11.5. The van der Waals surface area contributed by atoms with E-state index in [1.165, 1.54) is 0 Å². The number of hydrogen-bond acceptors (Lipinski definition) is 2. The Bertz CT molecular complexity index is 458. The lowest BCUT2D eigenvalue weighted by molar-refractivity contribution is -0.127. The molecule has 0 unspecified atom stereocenters. The maximum Gasteiger partial charge on any atom is 0.237 e. The second-order valence-corrected chi connectivity index (χ2v) is 4.79. The summed E-state index contributed by atoms with van der Waals surface area (Å²) in [5.74, 6) is 0.869. The van der Waals surface area contributed by atoms with Gasteiger partial charge in [-0.3, -0.25) is 4.79 Å². The number of nitrogens with zero attached hydrogens (tertiary/aromatic N) is 1. The van der Waals surface area contributed by atoms with Gasteiger partial charge in [0.05, 0.1) is 7.11 Å². The van der Waals surface area contributed by atoms with E-state index in [9.17, 15) is 4.79 Å². The van der Waals surface area contributed by atoms with Gasteiger partial charge in [-0.15, -0.1) is 11.6 Å². The highest BCUT2D eigenvalue weighted by Crippen LogP contribution is 2.29.